The lowest BCUT2D eigenvalue weighted by atomic mass is 9.91. The minimum absolute atomic E-state index is 0.0476. The van der Waals surface area contributed by atoms with Crippen LogP contribution in [0.4, 0.5) is 37.7 Å². The maximum atomic E-state index is 14.3. The number of aliphatic imine (C=N–C) groups is 2. The highest BCUT2D eigenvalue weighted by Gasteiger charge is 2.38. The maximum Gasteiger partial charge on any atom is 0.416 e. The van der Waals surface area contributed by atoms with Crippen molar-refractivity contribution in [2.75, 3.05) is 19.8 Å². The van der Waals surface area contributed by atoms with Crippen molar-refractivity contribution in [3.63, 3.8) is 0 Å². The van der Waals surface area contributed by atoms with Crippen LogP contribution in [-0.2, 0) is 12.4 Å². The third-order valence-electron chi connectivity index (χ3n) is 10.3. The highest BCUT2D eigenvalue weighted by atomic mass is 35.5. The van der Waals surface area contributed by atoms with Crippen LogP contribution < -0.4 is 0 Å². The molecule has 0 amide bonds. The van der Waals surface area contributed by atoms with Gasteiger partial charge in [0.05, 0.1) is 34.2 Å². The maximum absolute atomic E-state index is 14.3. The summed E-state index contributed by atoms with van der Waals surface area (Å²) in [6.07, 6.45) is -9.56. The number of hydrogen-bond acceptors (Lipinski definition) is 2. The molecular formula is C45H51ClF6N4. The molecule has 0 aromatic heterocycles. The number of amidine groups is 2. The molecule has 0 atom stereocenters. The summed E-state index contributed by atoms with van der Waals surface area (Å²) in [5.74, 6) is 1.22. The summed E-state index contributed by atoms with van der Waals surface area (Å²) in [4.78, 5) is 14.2. The monoisotopic (exact) mass is 796 g/mol. The van der Waals surface area contributed by atoms with E-state index in [1.54, 1.807) is 17.9 Å². The van der Waals surface area contributed by atoms with Crippen LogP contribution in [0.25, 0.3) is 0 Å². The van der Waals surface area contributed by atoms with E-state index in [1.807, 2.05) is 19.1 Å². The molecule has 1 heterocycles. The molecule has 5 rings (SSSR count). The molecule has 0 N–H and O–H groups in total. The normalized spacial score (nSPS) is 14.9. The summed E-state index contributed by atoms with van der Waals surface area (Å²) in [5, 5.41) is 0.238. The molecule has 4 aromatic rings. The summed E-state index contributed by atoms with van der Waals surface area (Å²) in [5.41, 5.74) is 5.75. The first kappa shape index (κ1) is 42.8. The zero-order valence-electron chi connectivity index (χ0n) is 33.8. The van der Waals surface area contributed by atoms with Crippen molar-refractivity contribution in [3.8, 4) is 0 Å². The van der Waals surface area contributed by atoms with Crippen molar-refractivity contribution >= 4 is 34.6 Å². The molecule has 1 aliphatic rings. The Bertz CT molecular complexity index is 2040. The number of benzene rings is 4. The van der Waals surface area contributed by atoms with E-state index in [0.717, 1.165) is 51.2 Å². The van der Waals surface area contributed by atoms with E-state index in [0.29, 0.717) is 30.9 Å². The molecule has 0 spiro atoms. The summed E-state index contributed by atoms with van der Waals surface area (Å²) in [6.45, 7) is 21.4. The summed E-state index contributed by atoms with van der Waals surface area (Å²) < 4.78 is 85.6. The molecule has 1 aliphatic heterocycles. The van der Waals surface area contributed by atoms with Crippen LogP contribution in [-0.4, -0.2) is 41.2 Å². The number of rotatable bonds is 7. The molecule has 300 valence electrons. The first-order valence-electron chi connectivity index (χ1n) is 19.0. The van der Waals surface area contributed by atoms with Crippen molar-refractivity contribution in [1.82, 2.24) is 9.80 Å². The average Bonchev–Trinajstić information content (AvgIpc) is 3.09. The number of nitrogens with zero attached hydrogens (tertiary/aromatic N) is 4. The van der Waals surface area contributed by atoms with Gasteiger partial charge in [-0.15, -0.1) is 0 Å². The van der Waals surface area contributed by atoms with E-state index in [9.17, 15) is 26.3 Å². The highest BCUT2D eigenvalue weighted by Crippen LogP contribution is 2.40. The van der Waals surface area contributed by atoms with E-state index >= 15 is 0 Å². The van der Waals surface area contributed by atoms with Crippen LogP contribution in [0, 0.1) is 27.7 Å². The van der Waals surface area contributed by atoms with Gasteiger partial charge in [-0.05, 0) is 115 Å². The van der Waals surface area contributed by atoms with Gasteiger partial charge in [0.25, 0.3) is 0 Å². The molecule has 4 aromatic carbocycles. The topological polar surface area (TPSA) is 31.2 Å². The predicted molar refractivity (Wildman–Crippen MR) is 217 cm³/mol. The fourth-order valence-corrected chi connectivity index (χ4v) is 7.78. The number of para-hydroxylation sites is 1. The van der Waals surface area contributed by atoms with Crippen LogP contribution in [0.1, 0.15) is 127 Å². The number of aryl methyl sites for hydroxylation is 4. The van der Waals surface area contributed by atoms with Gasteiger partial charge in [0.15, 0.2) is 0 Å². The molecule has 0 aliphatic carbocycles. The van der Waals surface area contributed by atoms with Crippen molar-refractivity contribution in [3.05, 3.63) is 127 Å². The Balaban J connectivity index is 1.79. The summed E-state index contributed by atoms with van der Waals surface area (Å²) >= 11 is 6.70. The Morgan fingerprint density at radius 1 is 0.625 bits per heavy atom. The first-order chi connectivity index (χ1) is 26.1. The molecule has 0 bridgehead atoms. The van der Waals surface area contributed by atoms with E-state index < -0.39 is 23.5 Å². The van der Waals surface area contributed by atoms with Crippen molar-refractivity contribution in [2.24, 2.45) is 9.98 Å². The van der Waals surface area contributed by atoms with E-state index in [-0.39, 0.29) is 52.6 Å². The lowest BCUT2D eigenvalue weighted by Gasteiger charge is -2.40. The van der Waals surface area contributed by atoms with Gasteiger partial charge in [-0.3, -0.25) is 0 Å². The Kier molecular flexibility index (Phi) is 12.7. The Labute approximate surface area is 332 Å². The van der Waals surface area contributed by atoms with E-state index in [1.165, 1.54) is 5.56 Å². The third kappa shape index (κ3) is 9.44. The molecule has 11 heteroatoms. The number of hydrogen-bond donors (Lipinski definition) is 0. The highest BCUT2D eigenvalue weighted by molar-refractivity contribution is 6.33. The quantitative estimate of drug-likeness (QED) is 0.106. The standard InChI is InChI=1S/C45H51ClF6N4/c1-25(2)32-19-29(8)39(30(9)20-32)43(54-41-36(26(3)4)13-11-14-37(41)27(5)6)56-16-12-15-55(24-56)42(53-40-31(10)17-28(7)18-38(40)46)33-21-34(44(47,48)49)23-35(22-33)45(50,51)52/h11,13-14,17-23,25-27H,12,15-16,24H2,1-10H3. The minimum Gasteiger partial charge on any atom is -0.338 e. The lowest BCUT2D eigenvalue weighted by molar-refractivity contribution is -0.143. The number of alkyl halides is 6. The lowest BCUT2D eigenvalue weighted by Crippen LogP contribution is -2.50. The van der Waals surface area contributed by atoms with E-state index in [4.69, 9.17) is 21.6 Å². The van der Waals surface area contributed by atoms with Gasteiger partial charge in [-0.1, -0.05) is 89.5 Å². The Morgan fingerprint density at radius 2 is 1.12 bits per heavy atom. The van der Waals surface area contributed by atoms with Gasteiger partial charge in [0.2, 0.25) is 0 Å². The van der Waals surface area contributed by atoms with Crippen LogP contribution in [0.3, 0.4) is 0 Å². The largest absolute Gasteiger partial charge is 0.416 e. The fraction of sp³-hybridized carbons (Fsp3) is 0.422. The third-order valence-corrected chi connectivity index (χ3v) is 10.6. The zero-order valence-corrected chi connectivity index (χ0v) is 34.5. The smallest absolute Gasteiger partial charge is 0.338 e. The Morgan fingerprint density at radius 3 is 1.59 bits per heavy atom. The molecule has 56 heavy (non-hydrogen) atoms. The molecule has 4 nitrogen and oxygen atoms in total. The van der Waals surface area contributed by atoms with Gasteiger partial charge >= 0.3 is 12.4 Å². The first-order valence-corrected chi connectivity index (χ1v) is 19.4. The second kappa shape index (κ2) is 16.7. The van der Waals surface area contributed by atoms with Crippen molar-refractivity contribution in [1.29, 1.82) is 0 Å². The number of halogens is 7. The molecule has 1 saturated heterocycles. The molecule has 0 unspecified atom stereocenters. The molecule has 0 radical (unpaired) electrons. The van der Waals surface area contributed by atoms with Crippen LogP contribution in [0.15, 0.2) is 70.6 Å². The van der Waals surface area contributed by atoms with Gasteiger partial charge in [-0.2, -0.15) is 26.3 Å². The fourth-order valence-electron chi connectivity index (χ4n) is 7.42. The molecule has 0 saturated carbocycles. The average molecular weight is 797 g/mol. The van der Waals surface area contributed by atoms with Crippen LogP contribution in [0.2, 0.25) is 5.02 Å². The van der Waals surface area contributed by atoms with Crippen LogP contribution in [0.5, 0.6) is 0 Å². The second-order valence-electron chi connectivity index (χ2n) is 15.9. The summed E-state index contributed by atoms with van der Waals surface area (Å²) in [7, 11) is 0. The van der Waals surface area contributed by atoms with Crippen LogP contribution >= 0.6 is 11.6 Å². The van der Waals surface area contributed by atoms with Crippen molar-refractivity contribution < 1.29 is 26.3 Å². The molecule has 1 fully saturated rings. The SMILES string of the molecule is Cc1cc(C)c(N=C(c2cc(C(F)(F)F)cc(C(F)(F)F)c2)N2CCCN(C(=Nc3c(C(C)C)cccc3C(C)C)c3c(C)cc(C(C)C)cc3C)C2)c(Cl)c1. The van der Waals surface area contributed by atoms with Gasteiger partial charge in [0, 0.05) is 24.2 Å². The summed E-state index contributed by atoms with van der Waals surface area (Å²) in [6, 6.07) is 15.7. The van der Waals surface area contributed by atoms with Gasteiger partial charge < -0.3 is 9.80 Å². The zero-order chi connectivity index (χ0) is 41.4. The van der Waals surface area contributed by atoms with Crippen molar-refractivity contribution in [2.45, 2.75) is 106 Å². The van der Waals surface area contributed by atoms with Gasteiger partial charge in [0.1, 0.15) is 11.7 Å². The van der Waals surface area contributed by atoms with Gasteiger partial charge in [-0.25, -0.2) is 9.98 Å². The Hall–Kier alpha value is -4.31. The second-order valence-corrected chi connectivity index (χ2v) is 16.3. The minimum atomic E-state index is -5.04. The predicted octanol–water partition coefficient (Wildman–Crippen LogP) is 13.8. The van der Waals surface area contributed by atoms with E-state index in [2.05, 4.69) is 84.6 Å². The molecular weight excluding hydrogens is 746 g/mol.